The normalized spacial score (nSPS) is 13.8. The molecule has 0 radical (unpaired) electrons. The molecule has 1 amide bonds. The zero-order valence-electron chi connectivity index (χ0n) is 14.5. The number of benzene rings is 2. The van der Waals surface area contributed by atoms with Crippen LogP contribution >= 0.6 is 11.6 Å². The van der Waals surface area contributed by atoms with Crippen molar-refractivity contribution in [2.75, 3.05) is 5.32 Å². The summed E-state index contributed by atoms with van der Waals surface area (Å²) in [6.45, 7) is 2.01. The average Bonchev–Trinajstić information content (AvgIpc) is 3.42. The number of amides is 1. The highest BCUT2D eigenvalue weighted by molar-refractivity contribution is 6.31. The minimum Gasteiger partial charge on any atom is -0.337 e. The Morgan fingerprint density at radius 2 is 1.92 bits per heavy atom. The molecule has 1 N–H and O–H groups in total. The maximum absolute atomic E-state index is 12.6. The molecule has 1 saturated carbocycles. The van der Waals surface area contributed by atoms with Crippen LogP contribution in [0.4, 0.5) is 5.69 Å². The van der Waals surface area contributed by atoms with Gasteiger partial charge in [-0.05, 0) is 43.5 Å². The summed E-state index contributed by atoms with van der Waals surface area (Å²) < 4.78 is 1.85. The van der Waals surface area contributed by atoms with E-state index < -0.39 is 0 Å². The summed E-state index contributed by atoms with van der Waals surface area (Å²) in [5.41, 5.74) is 3.15. The standard InChI is InChI=1S/C21H19ClN2O2/c1-13-17(22)6-4-7-18(13)23-20(25)12-24-11-16(21(26)14-9-10-14)15-5-2-3-8-19(15)24/h2-8,11,14H,9-10,12H2,1H3,(H,23,25). The van der Waals surface area contributed by atoms with Gasteiger partial charge in [-0.15, -0.1) is 0 Å². The first-order valence-electron chi connectivity index (χ1n) is 8.71. The van der Waals surface area contributed by atoms with E-state index >= 15 is 0 Å². The number of nitrogens with zero attached hydrogens (tertiary/aromatic N) is 1. The van der Waals surface area contributed by atoms with E-state index in [1.165, 1.54) is 0 Å². The van der Waals surface area contributed by atoms with Gasteiger partial charge in [0.05, 0.1) is 0 Å². The second-order valence-electron chi connectivity index (χ2n) is 6.79. The first-order chi connectivity index (χ1) is 12.5. The van der Waals surface area contributed by atoms with Crippen LogP contribution in [0.2, 0.25) is 5.02 Å². The molecule has 0 aliphatic heterocycles. The number of hydrogen-bond donors (Lipinski definition) is 1. The zero-order chi connectivity index (χ0) is 18.3. The molecule has 0 saturated heterocycles. The van der Waals surface area contributed by atoms with Crippen molar-refractivity contribution in [3.05, 3.63) is 64.8 Å². The molecule has 1 aromatic heterocycles. The summed E-state index contributed by atoms with van der Waals surface area (Å²) in [6, 6.07) is 13.2. The molecule has 2 aromatic carbocycles. The van der Waals surface area contributed by atoms with Crippen LogP contribution in [0.15, 0.2) is 48.7 Å². The number of anilines is 1. The number of nitrogens with one attached hydrogen (secondary N) is 1. The highest BCUT2D eigenvalue weighted by atomic mass is 35.5. The number of para-hydroxylation sites is 1. The van der Waals surface area contributed by atoms with Gasteiger partial charge in [-0.25, -0.2) is 0 Å². The van der Waals surface area contributed by atoms with E-state index in [4.69, 9.17) is 11.6 Å². The first kappa shape index (κ1) is 16.9. The molecule has 0 bridgehead atoms. The minimum atomic E-state index is -0.151. The van der Waals surface area contributed by atoms with Gasteiger partial charge >= 0.3 is 0 Å². The lowest BCUT2D eigenvalue weighted by molar-refractivity contribution is -0.116. The molecule has 1 fully saturated rings. The predicted molar refractivity (Wildman–Crippen MR) is 104 cm³/mol. The van der Waals surface area contributed by atoms with Crippen molar-refractivity contribution in [2.45, 2.75) is 26.3 Å². The maximum Gasteiger partial charge on any atom is 0.244 e. The molecule has 4 rings (SSSR count). The SMILES string of the molecule is Cc1c(Cl)cccc1NC(=O)Cn1cc(C(=O)C2CC2)c2ccccc21. The second kappa shape index (κ2) is 6.61. The van der Waals surface area contributed by atoms with Gasteiger partial charge in [-0.2, -0.15) is 0 Å². The van der Waals surface area contributed by atoms with E-state index in [0.717, 1.165) is 34.9 Å². The fourth-order valence-electron chi connectivity index (χ4n) is 3.23. The van der Waals surface area contributed by atoms with Crippen LogP contribution in [0, 0.1) is 12.8 Å². The lowest BCUT2D eigenvalue weighted by Crippen LogP contribution is -2.19. The van der Waals surface area contributed by atoms with Gasteiger partial charge < -0.3 is 9.88 Å². The molecule has 0 spiro atoms. The summed E-state index contributed by atoms with van der Waals surface area (Å²) in [5, 5.41) is 4.44. The molecule has 4 nitrogen and oxygen atoms in total. The summed E-state index contributed by atoms with van der Waals surface area (Å²) in [5.74, 6) is 0.185. The molecule has 1 aliphatic rings. The average molecular weight is 367 g/mol. The molecule has 26 heavy (non-hydrogen) atoms. The van der Waals surface area contributed by atoms with Gasteiger partial charge in [0.1, 0.15) is 6.54 Å². The zero-order valence-corrected chi connectivity index (χ0v) is 15.2. The Labute approximate surface area is 156 Å². The van der Waals surface area contributed by atoms with E-state index in [0.29, 0.717) is 10.7 Å². The van der Waals surface area contributed by atoms with E-state index in [-0.39, 0.29) is 24.2 Å². The van der Waals surface area contributed by atoms with E-state index in [2.05, 4.69) is 5.32 Å². The maximum atomic E-state index is 12.6. The first-order valence-corrected chi connectivity index (χ1v) is 9.09. The number of Topliss-reactive ketones (excluding diaryl/α,β-unsaturated/α-hetero) is 1. The van der Waals surface area contributed by atoms with Crippen molar-refractivity contribution >= 4 is 39.9 Å². The Kier molecular flexibility index (Phi) is 4.29. The van der Waals surface area contributed by atoms with Crippen molar-refractivity contribution < 1.29 is 9.59 Å². The van der Waals surface area contributed by atoms with Gasteiger partial charge in [0.15, 0.2) is 5.78 Å². The van der Waals surface area contributed by atoms with Crippen LogP contribution in [0.1, 0.15) is 28.8 Å². The third kappa shape index (κ3) is 3.13. The van der Waals surface area contributed by atoms with Crippen LogP contribution < -0.4 is 5.32 Å². The molecule has 0 atom stereocenters. The van der Waals surface area contributed by atoms with Crippen LogP contribution in [-0.2, 0) is 11.3 Å². The Hall–Kier alpha value is -2.59. The van der Waals surface area contributed by atoms with Crippen LogP contribution in [0.3, 0.4) is 0 Å². The monoisotopic (exact) mass is 366 g/mol. The number of carbonyl (C=O) groups excluding carboxylic acids is 2. The van der Waals surface area contributed by atoms with Gasteiger partial charge in [0, 0.05) is 39.3 Å². The van der Waals surface area contributed by atoms with Gasteiger partial charge in [-0.3, -0.25) is 9.59 Å². The highest BCUT2D eigenvalue weighted by Crippen LogP contribution is 2.35. The van der Waals surface area contributed by atoms with Crippen LogP contribution in [0.5, 0.6) is 0 Å². The van der Waals surface area contributed by atoms with Crippen molar-refractivity contribution in [3.8, 4) is 0 Å². The Bertz CT molecular complexity index is 1020. The fourth-order valence-corrected chi connectivity index (χ4v) is 3.40. The van der Waals surface area contributed by atoms with E-state index in [9.17, 15) is 9.59 Å². The smallest absolute Gasteiger partial charge is 0.244 e. The topological polar surface area (TPSA) is 51.1 Å². The Morgan fingerprint density at radius 1 is 1.15 bits per heavy atom. The fraction of sp³-hybridized carbons (Fsp3) is 0.238. The Morgan fingerprint density at radius 3 is 2.69 bits per heavy atom. The molecule has 3 aromatic rings. The van der Waals surface area contributed by atoms with Crippen molar-refractivity contribution in [3.63, 3.8) is 0 Å². The molecule has 0 unspecified atom stereocenters. The minimum absolute atomic E-state index is 0.143. The Balaban J connectivity index is 1.61. The van der Waals surface area contributed by atoms with Crippen LogP contribution in [-0.4, -0.2) is 16.3 Å². The lowest BCUT2D eigenvalue weighted by Gasteiger charge is -2.10. The molecule has 5 heteroatoms. The summed E-state index contributed by atoms with van der Waals surface area (Å²) in [4.78, 5) is 25.1. The number of ketones is 1. The van der Waals surface area contributed by atoms with E-state index in [1.807, 2.05) is 54.1 Å². The molecular weight excluding hydrogens is 348 g/mol. The number of hydrogen-bond acceptors (Lipinski definition) is 2. The van der Waals surface area contributed by atoms with Crippen molar-refractivity contribution in [2.24, 2.45) is 5.92 Å². The van der Waals surface area contributed by atoms with Gasteiger partial charge in [0.2, 0.25) is 5.91 Å². The largest absolute Gasteiger partial charge is 0.337 e. The number of halogens is 1. The second-order valence-corrected chi connectivity index (χ2v) is 7.19. The van der Waals surface area contributed by atoms with E-state index in [1.54, 1.807) is 6.07 Å². The number of aromatic nitrogens is 1. The van der Waals surface area contributed by atoms with Crippen molar-refractivity contribution in [1.29, 1.82) is 0 Å². The van der Waals surface area contributed by atoms with Crippen LogP contribution in [0.25, 0.3) is 10.9 Å². The number of rotatable bonds is 5. The lowest BCUT2D eigenvalue weighted by atomic mass is 10.1. The number of carbonyl (C=O) groups is 2. The molecule has 1 aliphatic carbocycles. The molecule has 1 heterocycles. The quantitative estimate of drug-likeness (QED) is 0.657. The number of fused-ring (bicyclic) bond motifs is 1. The third-order valence-electron chi connectivity index (χ3n) is 4.86. The summed E-state index contributed by atoms with van der Waals surface area (Å²) >= 11 is 6.12. The van der Waals surface area contributed by atoms with Crippen molar-refractivity contribution in [1.82, 2.24) is 4.57 Å². The molecular formula is C21H19ClN2O2. The molecule has 132 valence electrons. The summed E-state index contributed by atoms with van der Waals surface area (Å²) in [7, 11) is 0. The van der Waals surface area contributed by atoms with Gasteiger partial charge in [0.25, 0.3) is 0 Å². The predicted octanol–water partition coefficient (Wildman–Crippen LogP) is 4.83. The third-order valence-corrected chi connectivity index (χ3v) is 5.27. The van der Waals surface area contributed by atoms with Gasteiger partial charge in [-0.1, -0.05) is 35.9 Å². The summed E-state index contributed by atoms with van der Waals surface area (Å²) in [6.07, 6.45) is 3.75. The highest BCUT2D eigenvalue weighted by Gasteiger charge is 2.32.